The van der Waals surface area contributed by atoms with E-state index in [0.717, 1.165) is 22.5 Å². The van der Waals surface area contributed by atoms with Crippen LogP contribution >= 0.6 is 11.3 Å². The minimum atomic E-state index is -1.01. The fourth-order valence-electron chi connectivity index (χ4n) is 3.20. The summed E-state index contributed by atoms with van der Waals surface area (Å²) in [4.78, 5) is 48.7. The van der Waals surface area contributed by atoms with Crippen molar-refractivity contribution in [2.75, 3.05) is 11.6 Å². The van der Waals surface area contributed by atoms with E-state index in [-0.39, 0.29) is 28.6 Å². The first-order valence-corrected chi connectivity index (χ1v) is 11.2. The largest absolute Gasteiger partial charge is 0.481 e. The van der Waals surface area contributed by atoms with E-state index in [1.54, 1.807) is 13.8 Å². The van der Waals surface area contributed by atoms with Crippen LogP contribution in [0.4, 0.5) is 5.69 Å². The second-order valence-corrected chi connectivity index (χ2v) is 8.80. The topological polar surface area (TPSA) is 140 Å². The van der Waals surface area contributed by atoms with Gasteiger partial charge in [0.1, 0.15) is 0 Å². The van der Waals surface area contributed by atoms with E-state index in [1.165, 1.54) is 17.1 Å². The van der Waals surface area contributed by atoms with Crippen LogP contribution in [-0.4, -0.2) is 41.1 Å². The van der Waals surface area contributed by atoms with Gasteiger partial charge in [-0.2, -0.15) is 10.1 Å². The third-order valence-electron chi connectivity index (χ3n) is 5.17. The van der Waals surface area contributed by atoms with Crippen molar-refractivity contribution in [3.63, 3.8) is 0 Å². The second-order valence-electron chi connectivity index (χ2n) is 7.71. The van der Waals surface area contributed by atoms with Crippen molar-refractivity contribution < 1.29 is 24.3 Å². The number of carbonyl (C=O) groups is 4. The lowest BCUT2D eigenvalue weighted by molar-refractivity contribution is -0.136. The molecule has 0 aliphatic carbocycles. The molecular formula is C23H25N5O5S. The number of hydrogen-bond acceptors (Lipinski definition) is 7. The van der Waals surface area contributed by atoms with Gasteiger partial charge in [-0.1, -0.05) is 6.07 Å². The minimum absolute atomic E-state index is 0.00394. The van der Waals surface area contributed by atoms with Crippen molar-refractivity contribution in [3.05, 3.63) is 62.5 Å². The first-order valence-electron chi connectivity index (χ1n) is 10.4. The van der Waals surface area contributed by atoms with Crippen molar-refractivity contribution in [2.24, 2.45) is 5.10 Å². The summed E-state index contributed by atoms with van der Waals surface area (Å²) in [6.45, 7) is 7.33. The smallest absolute Gasteiger partial charge is 0.305 e. The number of nitrogens with one attached hydrogen (secondary N) is 3. The summed E-state index contributed by atoms with van der Waals surface area (Å²) in [7, 11) is 0. The molecule has 178 valence electrons. The maximum absolute atomic E-state index is 13.0. The Morgan fingerprint density at radius 2 is 1.68 bits per heavy atom. The molecule has 2 heterocycles. The van der Waals surface area contributed by atoms with Gasteiger partial charge in [-0.3, -0.25) is 24.6 Å². The number of carboxylic acids is 1. The molecule has 4 N–H and O–H groups in total. The molecule has 11 heteroatoms. The monoisotopic (exact) mass is 483 g/mol. The van der Waals surface area contributed by atoms with Crippen LogP contribution in [0.15, 0.2) is 46.7 Å². The van der Waals surface area contributed by atoms with E-state index in [2.05, 4.69) is 21.3 Å². The number of carbonyl (C=O) groups excluding carboxylic acids is 3. The summed E-state index contributed by atoms with van der Waals surface area (Å²) in [5.74, 6) is -2.26. The van der Waals surface area contributed by atoms with Gasteiger partial charge in [-0.25, -0.2) is 0 Å². The van der Waals surface area contributed by atoms with Gasteiger partial charge in [0.15, 0.2) is 0 Å². The molecule has 3 amide bonds. The maximum Gasteiger partial charge on any atom is 0.305 e. The van der Waals surface area contributed by atoms with Gasteiger partial charge in [-0.05, 0) is 63.1 Å². The average Bonchev–Trinajstić information content (AvgIpc) is 3.38. The molecule has 0 unspecified atom stereocenters. The Labute approximate surface area is 200 Å². The number of benzene rings is 1. The van der Waals surface area contributed by atoms with Crippen LogP contribution in [0.25, 0.3) is 0 Å². The van der Waals surface area contributed by atoms with Crippen LogP contribution < -0.4 is 21.2 Å². The molecule has 2 aromatic rings. The SMILES string of the molecule is CC1=NN(c2ccc(C)c(C)c2)C(=O)/C1=C(/C)NNC(=O)c1ccc(C(=O)NCCC(=O)O)s1. The van der Waals surface area contributed by atoms with E-state index < -0.39 is 17.8 Å². The fraction of sp³-hybridized carbons (Fsp3) is 0.261. The Bertz CT molecular complexity index is 1230. The lowest BCUT2D eigenvalue weighted by Crippen LogP contribution is -2.37. The number of aliphatic carboxylic acids is 1. The third-order valence-corrected chi connectivity index (χ3v) is 6.25. The van der Waals surface area contributed by atoms with E-state index in [4.69, 9.17) is 5.11 Å². The highest BCUT2D eigenvalue weighted by molar-refractivity contribution is 7.15. The van der Waals surface area contributed by atoms with Crippen LogP contribution in [0.1, 0.15) is 50.7 Å². The quantitative estimate of drug-likeness (QED) is 0.336. The molecule has 3 rings (SSSR count). The molecule has 1 aliphatic rings. The van der Waals surface area contributed by atoms with Gasteiger partial charge in [-0.15, -0.1) is 11.3 Å². The lowest BCUT2D eigenvalue weighted by atomic mass is 10.1. The standard InChI is InChI=1S/C23H25N5O5S/c1-12-5-6-16(11-13(12)2)28-23(33)20(15(4)27-28)14(3)25-26-22(32)18-8-7-17(34-18)21(31)24-10-9-19(29)30/h5-8,11,25H,9-10H2,1-4H3,(H,24,31)(H,26,32)(H,29,30)/b20-14-. The van der Waals surface area contributed by atoms with E-state index in [0.29, 0.717) is 22.7 Å². The van der Waals surface area contributed by atoms with E-state index in [1.807, 2.05) is 32.0 Å². The highest BCUT2D eigenvalue weighted by Crippen LogP contribution is 2.26. The molecule has 0 radical (unpaired) electrons. The highest BCUT2D eigenvalue weighted by atomic mass is 32.1. The number of allylic oxidation sites excluding steroid dienone is 1. The van der Waals surface area contributed by atoms with Gasteiger partial charge < -0.3 is 15.8 Å². The molecule has 0 atom stereocenters. The molecule has 1 aromatic carbocycles. The Hall–Kier alpha value is -3.99. The third kappa shape index (κ3) is 5.49. The molecule has 0 spiro atoms. The Balaban J connectivity index is 1.64. The summed E-state index contributed by atoms with van der Waals surface area (Å²) >= 11 is 0.967. The lowest BCUT2D eigenvalue weighted by Gasteiger charge is -2.14. The molecular weight excluding hydrogens is 458 g/mol. The zero-order valence-corrected chi connectivity index (χ0v) is 20.0. The number of hydrazine groups is 1. The first-order chi connectivity index (χ1) is 16.1. The molecule has 10 nitrogen and oxygen atoms in total. The van der Waals surface area contributed by atoms with Gasteiger partial charge in [0.05, 0.1) is 33.1 Å². The van der Waals surface area contributed by atoms with Crippen LogP contribution in [0.2, 0.25) is 0 Å². The molecule has 0 saturated carbocycles. The second kappa shape index (κ2) is 10.3. The zero-order chi connectivity index (χ0) is 25.0. The summed E-state index contributed by atoms with van der Waals surface area (Å²) in [6.07, 6.45) is -0.190. The van der Waals surface area contributed by atoms with Crippen molar-refractivity contribution in [1.29, 1.82) is 0 Å². The fourth-order valence-corrected chi connectivity index (χ4v) is 4.01. The molecule has 1 aliphatic heterocycles. The maximum atomic E-state index is 13.0. The van der Waals surface area contributed by atoms with Gasteiger partial charge in [0, 0.05) is 12.2 Å². The predicted molar refractivity (Wildman–Crippen MR) is 129 cm³/mol. The number of hydrogen-bond donors (Lipinski definition) is 4. The van der Waals surface area contributed by atoms with Crippen molar-refractivity contribution in [1.82, 2.24) is 16.2 Å². The normalized spacial score (nSPS) is 14.5. The number of thiophene rings is 1. The summed E-state index contributed by atoms with van der Waals surface area (Å²) in [5.41, 5.74) is 9.39. The van der Waals surface area contributed by atoms with Crippen LogP contribution in [0, 0.1) is 13.8 Å². The summed E-state index contributed by atoms with van der Waals surface area (Å²) in [5, 5.41) is 16.8. The van der Waals surface area contributed by atoms with Gasteiger partial charge in [0.2, 0.25) is 0 Å². The Morgan fingerprint density at radius 1 is 1.00 bits per heavy atom. The van der Waals surface area contributed by atoms with Crippen molar-refractivity contribution in [3.8, 4) is 0 Å². The number of carboxylic acid groups (broad SMARTS) is 1. The van der Waals surface area contributed by atoms with Gasteiger partial charge in [0.25, 0.3) is 17.7 Å². The molecule has 0 saturated heterocycles. The number of amides is 3. The van der Waals surface area contributed by atoms with Gasteiger partial charge >= 0.3 is 5.97 Å². The highest BCUT2D eigenvalue weighted by Gasteiger charge is 2.31. The first kappa shape index (κ1) is 24.6. The Kier molecular flexibility index (Phi) is 7.47. The van der Waals surface area contributed by atoms with Crippen LogP contribution in [0.3, 0.4) is 0 Å². The number of nitrogens with zero attached hydrogens (tertiary/aromatic N) is 2. The van der Waals surface area contributed by atoms with Crippen LogP contribution in [0.5, 0.6) is 0 Å². The molecule has 1 aromatic heterocycles. The predicted octanol–water partition coefficient (Wildman–Crippen LogP) is 2.50. The van der Waals surface area contributed by atoms with Crippen molar-refractivity contribution in [2.45, 2.75) is 34.1 Å². The zero-order valence-electron chi connectivity index (χ0n) is 19.2. The summed E-state index contributed by atoms with van der Waals surface area (Å²) < 4.78 is 0. The van der Waals surface area contributed by atoms with E-state index >= 15 is 0 Å². The van der Waals surface area contributed by atoms with Crippen molar-refractivity contribution >= 4 is 46.4 Å². The Morgan fingerprint density at radius 3 is 2.32 bits per heavy atom. The number of rotatable bonds is 8. The average molecular weight is 484 g/mol. The number of anilines is 1. The molecule has 0 fully saturated rings. The number of aryl methyl sites for hydroxylation is 2. The molecule has 0 bridgehead atoms. The minimum Gasteiger partial charge on any atom is -0.481 e. The molecule has 34 heavy (non-hydrogen) atoms. The summed E-state index contributed by atoms with van der Waals surface area (Å²) in [6, 6.07) is 8.63. The van der Waals surface area contributed by atoms with E-state index in [9.17, 15) is 19.2 Å². The number of hydrazone groups is 1. The van der Waals surface area contributed by atoms with Crippen LogP contribution in [-0.2, 0) is 9.59 Å².